The summed E-state index contributed by atoms with van der Waals surface area (Å²) in [5.41, 5.74) is -0.209. The summed E-state index contributed by atoms with van der Waals surface area (Å²) in [5.74, 6) is 0. The molecule has 0 bridgehead atoms. The van der Waals surface area contributed by atoms with Gasteiger partial charge in [0.25, 0.3) is 0 Å². The largest absolute Gasteiger partial charge is 0.444 e. The van der Waals surface area contributed by atoms with E-state index in [0.29, 0.717) is 6.04 Å². The van der Waals surface area contributed by atoms with Crippen molar-refractivity contribution >= 4 is 6.09 Å². The number of amides is 1. The number of hydrogen-bond acceptors (Lipinski definition) is 4. The van der Waals surface area contributed by atoms with Gasteiger partial charge in [0.1, 0.15) is 5.60 Å². The molecule has 0 saturated carbocycles. The summed E-state index contributed by atoms with van der Waals surface area (Å²) in [6, 6.07) is 0.636. The van der Waals surface area contributed by atoms with Gasteiger partial charge < -0.3 is 9.64 Å². The standard InChI is InChI=1S/C19H37N3O2/c1-16(2)20-12-14-22(15-13-20)19(6)8-7-10-21(11-9-19)17(23)24-18(3,4)5/h16H,7-15H2,1-6H3. The number of hydrogen-bond donors (Lipinski definition) is 0. The van der Waals surface area contributed by atoms with E-state index in [2.05, 4.69) is 30.6 Å². The quantitative estimate of drug-likeness (QED) is 0.774. The van der Waals surface area contributed by atoms with Crippen molar-refractivity contribution in [3.63, 3.8) is 0 Å². The Labute approximate surface area is 148 Å². The van der Waals surface area contributed by atoms with Gasteiger partial charge in [0.05, 0.1) is 0 Å². The van der Waals surface area contributed by atoms with Crippen molar-refractivity contribution < 1.29 is 9.53 Å². The van der Waals surface area contributed by atoms with Crippen molar-refractivity contribution in [1.82, 2.24) is 14.7 Å². The molecular formula is C19H37N3O2. The van der Waals surface area contributed by atoms with E-state index in [0.717, 1.165) is 58.5 Å². The van der Waals surface area contributed by atoms with Gasteiger partial charge in [-0.05, 0) is 60.8 Å². The van der Waals surface area contributed by atoms with Crippen LogP contribution in [0.3, 0.4) is 0 Å². The lowest BCUT2D eigenvalue weighted by Gasteiger charge is -2.46. The molecule has 1 atom stereocenters. The summed E-state index contributed by atoms with van der Waals surface area (Å²) in [6.45, 7) is 18.9. The molecule has 0 spiro atoms. The molecule has 2 aliphatic rings. The summed E-state index contributed by atoms with van der Waals surface area (Å²) < 4.78 is 5.55. The SMILES string of the molecule is CC(C)N1CCN(C2(C)CCCN(C(=O)OC(C)(C)C)CC2)CC1. The van der Waals surface area contributed by atoms with Crippen LogP contribution in [0.4, 0.5) is 4.79 Å². The number of carbonyl (C=O) groups is 1. The molecule has 0 aliphatic carbocycles. The third-order valence-corrected chi connectivity index (χ3v) is 5.52. The predicted octanol–water partition coefficient (Wildman–Crippen LogP) is 3.19. The Morgan fingerprint density at radius 1 is 1.00 bits per heavy atom. The number of ether oxygens (including phenoxy) is 1. The normalized spacial score (nSPS) is 28.0. The van der Waals surface area contributed by atoms with Gasteiger partial charge in [0.2, 0.25) is 0 Å². The van der Waals surface area contributed by atoms with Gasteiger partial charge in [0.15, 0.2) is 0 Å². The van der Waals surface area contributed by atoms with Crippen LogP contribution in [0.5, 0.6) is 0 Å². The van der Waals surface area contributed by atoms with Crippen molar-refractivity contribution in [2.45, 2.75) is 78.0 Å². The van der Waals surface area contributed by atoms with Crippen LogP contribution in [0.1, 0.15) is 60.8 Å². The lowest BCUT2D eigenvalue weighted by atomic mass is 9.90. The van der Waals surface area contributed by atoms with Crippen molar-refractivity contribution in [2.24, 2.45) is 0 Å². The lowest BCUT2D eigenvalue weighted by Crippen LogP contribution is -2.57. The molecule has 2 aliphatic heterocycles. The first-order valence-corrected chi connectivity index (χ1v) is 9.58. The third-order valence-electron chi connectivity index (χ3n) is 5.52. The molecule has 2 heterocycles. The van der Waals surface area contributed by atoms with Gasteiger partial charge in [-0.25, -0.2) is 4.79 Å². The van der Waals surface area contributed by atoms with E-state index in [1.165, 1.54) is 0 Å². The molecule has 0 aromatic rings. The summed E-state index contributed by atoms with van der Waals surface area (Å²) in [6.07, 6.45) is 3.10. The van der Waals surface area contributed by atoms with E-state index in [1.54, 1.807) is 0 Å². The Bertz CT molecular complexity index is 425. The summed E-state index contributed by atoms with van der Waals surface area (Å²) in [7, 11) is 0. The van der Waals surface area contributed by atoms with Crippen LogP contribution in [0.15, 0.2) is 0 Å². The van der Waals surface area contributed by atoms with E-state index in [4.69, 9.17) is 4.74 Å². The molecule has 24 heavy (non-hydrogen) atoms. The van der Waals surface area contributed by atoms with E-state index in [-0.39, 0.29) is 11.6 Å². The average molecular weight is 340 g/mol. The van der Waals surface area contributed by atoms with Crippen LogP contribution in [-0.4, -0.2) is 77.2 Å². The Morgan fingerprint density at radius 2 is 1.62 bits per heavy atom. The van der Waals surface area contributed by atoms with E-state index < -0.39 is 5.60 Å². The zero-order valence-electron chi connectivity index (χ0n) is 16.6. The maximum absolute atomic E-state index is 12.4. The van der Waals surface area contributed by atoms with Gasteiger partial charge in [-0.3, -0.25) is 9.80 Å². The van der Waals surface area contributed by atoms with Gasteiger partial charge in [-0.2, -0.15) is 0 Å². The van der Waals surface area contributed by atoms with Gasteiger partial charge in [-0.15, -0.1) is 0 Å². The van der Waals surface area contributed by atoms with Crippen LogP contribution in [-0.2, 0) is 4.74 Å². The summed E-state index contributed by atoms with van der Waals surface area (Å²) >= 11 is 0. The predicted molar refractivity (Wildman–Crippen MR) is 98.3 cm³/mol. The number of carbonyl (C=O) groups excluding carboxylic acids is 1. The highest BCUT2D eigenvalue weighted by atomic mass is 16.6. The summed E-state index contributed by atoms with van der Waals surface area (Å²) in [4.78, 5) is 19.5. The molecule has 5 nitrogen and oxygen atoms in total. The Hall–Kier alpha value is -0.810. The second-order valence-electron chi connectivity index (χ2n) is 8.93. The maximum atomic E-state index is 12.4. The third kappa shape index (κ3) is 5.09. The molecule has 2 saturated heterocycles. The molecule has 0 radical (unpaired) electrons. The van der Waals surface area contributed by atoms with Crippen molar-refractivity contribution in [3.05, 3.63) is 0 Å². The minimum atomic E-state index is -0.417. The highest BCUT2D eigenvalue weighted by Gasteiger charge is 2.37. The van der Waals surface area contributed by atoms with Gasteiger partial charge in [0, 0.05) is 50.8 Å². The van der Waals surface area contributed by atoms with Gasteiger partial charge in [-0.1, -0.05) is 0 Å². The number of nitrogens with zero attached hydrogens (tertiary/aromatic N) is 3. The van der Waals surface area contributed by atoms with E-state index in [1.807, 2.05) is 25.7 Å². The molecular weight excluding hydrogens is 302 g/mol. The summed E-state index contributed by atoms with van der Waals surface area (Å²) in [5, 5.41) is 0. The number of piperazine rings is 1. The average Bonchev–Trinajstić information content (AvgIpc) is 2.69. The molecule has 2 fully saturated rings. The molecule has 5 heteroatoms. The van der Waals surface area contributed by atoms with Crippen LogP contribution in [0.25, 0.3) is 0 Å². The minimum Gasteiger partial charge on any atom is -0.444 e. The fourth-order valence-corrected chi connectivity index (χ4v) is 3.87. The lowest BCUT2D eigenvalue weighted by molar-refractivity contribution is 0.0162. The first-order valence-electron chi connectivity index (χ1n) is 9.58. The first kappa shape index (κ1) is 19.5. The zero-order chi connectivity index (χ0) is 18.0. The highest BCUT2D eigenvalue weighted by molar-refractivity contribution is 5.68. The van der Waals surface area contributed by atoms with Crippen LogP contribution >= 0.6 is 0 Å². The van der Waals surface area contributed by atoms with Crippen LogP contribution < -0.4 is 0 Å². The maximum Gasteiger partial charge on any atom is 0.410 e. The Kier molecular flexibility index (Phi) is 6.19. The first-order chi connectivity index (χ1) is 11.1. The molecule has 0 aromatic heterocycles. The number of rotatable bonds is 2. The molecule has 0 aromatic carbocycles. The molecule has 2 rings (SSSR count). The molecule has 1 unspecified atom stereocenters. The minimum absolute atomic E-state index is 0.156. The smallest absolute Gasteiger partial charge is 0.410 e. The monoisotopic (exact) mass is 339 g/mol. The van der Waals surface area contributed by atoms with Crippen molar-refractivity contribution in [2.75, 3.05) is 39.3 Å². The molecule has 0 N–H and O–H groups in total. The van der Waals surface area contributed by atoms with Crippen LogP contribution in [0.2, 0.25) is 0 Å². The topological polar surface area (TPSA) is 36.0 Å². The van der Waals surface area contributed by atoms with E-state index in [9.17, 15) is 4.79 Å². The Morgan fingerprint density at radius 3 is 2.17 bits per heavy atom. The van der Waals surface area contributed by atoms with E-state index >= 15 is 0 Å². The number of likely N-dealkylation sites (tertiary alicyclic amines) is 1. The Balaban J connectivity index is 1.91. The van der Waals surface area contributed by atoms with Crippen LogP contribution in [0, 0.1) is 0 Å². The second kappa shape index (κ2) is 7.61. The van der Waals surface area contributed by atoms with Crippen molar-refractivity contribution in [3.8, 4) is 0 Å². The second-order valence-corrected chi connectivity index (χ2v) is 8.93. The van der Waals surface area contributed by atoms with Gasteiger partial charge >= 0.3 is 6.09 Å². The fourth-order valence-electron chi connectivity index (χ4n) is 3.87. The molecule has 1 amide bonds. The molecule has 140 valence electrons. The zero-order valence-corrected chi connectivity index (χ0v) is 16.6. The fraction of sp³-hybridized carbons (Fsp3) is 0.947. The van der Waals surface area contributed by atoms with Crippen molar-refractivity contribution in [1.29, 1.82) is 0 Å². The highest BCUT2D eigenvalue weighted by Crippen LogP contribution is 2.30.